The molecule has 0 bridgehead atoms. The predicted molar refractivity (Wildman–Crippen MR) is 104 cm³/mol. The summed E-state index contributed by atoms with van der Waals surface area (Å²) in [6.07, 6.45) is 0. The van der Waals surface area contributed by atoms with Crippen molar-refractivity contribution in [2.24, 2.45) is 0 Å². The second kappa shape index (κ2) is 9.33. The van der Waals surface area contributed by atoms with Gasteiger partial charge in [0.15, 0.2) is 0 Å². The highest BCUT2D eigenvalue weighted by Gasteiger charge is 2.13. The Hall–Kier alpha value is -1.41. The maximum absolute atomic E-state index is 12.6. The lowest BCUT2D eigenvalue weighted by Crippen LogP contribution is -2.46. The van der Waals surface area contributed by atoms with Gasteiger partial charge in [0.1, 0.15) is 0 Å². The summed E-state index contributed by atoms with van der Waals surface area (Å²) in [5.41, 5.74) is 1.82. The van der Waals surface area contributed by atoms with Gasteiger partial charge in [0.05, 0.1) is 16.3 Å². The normalized spacial score (nSPS) is 15.2. The van der Waals surface area contributed by atoms with E-state index in [1.165, 1.54) is 0 Å². The fourth-order valence-electron chi connectivity index (χ4n) is 2.76. The summed E-state index contributed by atoms with van der Waals surface area (Å²) >= 11 is 3.33. The number of nitrogens with one attached hydrogen (secondary N) is 2. The number of carbonyl (C=O) groups excluding carboxylic acids is 1. The van der Waals surface area contributed by atoms with Crippen molar-refractivity contribution in [3.63, 3.8) is 0 Å². The smallest absolute Gasteiger partial charge is 0.252 e. The van der Waals surface area contributed by atoms with Crippen molar-refractivity contribution in [3.05, 3.63) is 45.9 Å². The molecule has 1 saturated heterocycles. The van der Waals surface area contributed by atoms with Crippen LogP contribution in [0.5, 0.6) is 0 Å². The van der Waals surface area contributed by atoms with Crippen molar-refractivity contribution in [3.8, 4) is 0 Å². The number of carbonyl (C=O) groups is 1. The minimum absolute atomic E-state index is 0.00712. The molecule has 0 radical (unpaired) electrons. The maximum Gasteiger partial charge on any atom is 0.252 e. The van der Waals surface area contributed by atoms with Crippen molar-refractivity contribution >= 4 is 29.0 Å². The van der Waals surface area contributed by atoms with Crippen molar-refractivity contribution in [1.29, 1.82) is 0 Å². The number of nitrogens with zero attached hydrogens (tertiary/aromatic N) is 2. The Bertz CT molecular complexity index is 698. The summed E-state index contributed by atoms with van der Waals surface area (Å²) in [7, 11) is 0. The van der Waals surface area contributed by atoms with Gasteiger partial charge in [-0.15, -0.1) is 23.1 Å². The topological polar surface area (TPSA) is 57.3 Å². The molecule has 0 aliphatic carbocycles. The molecular weight excluding hydrogens is 352 g/mol. The lowest BCUT2D eigenvalue weighted by molar-refractivity contribution is 0.0944. The van der Waals surface area contributed by atoms with Gasteiger partial charge in [-0.25, -0.2) is 4.98 Å². The van der Waals surface area contributed by atoms with Gasteiger partial charge in [0, 0.05) is 55.3 Å². The first-order valence-corrected chi connectivity index (χ1v) is 10.4. The number of thiazole rings is 1. The van der Waals surface area contributed by atoms with Gasteiger partial charge in [-0.2, -0.15) is 0 Å². The Morgan fingerprint density at radius 2 is 2.16 bits per heavy atom. The van der Waals surface area contributed by atoms with Crippen LogP contribution in [0.15, 0.2) is 34.5 Å². The van der Waals surface area contributed by atoms with Crippen LogP contribution in [0.25, 0.3) is 0 Å². The number of amides is 1. The van der Waals surface area contributed by atoms with Crippen LogP contribution < -0.4 is 10.6 Å². The van der Waals surface area contributed by atoms with Crippen LogP contribution in [0.2, 0.25) is 0 Å². The van der Waals surface area contributed by atoms with E-state index in [0.717, 1.165) is 59.6 Å². The SMILES string of the molecule is Cc1nc(CSc2ccccc2C(=O)NCCN2CCNCC2)cs1. The molecule has 1 aromatic carbocycles. The van der Waals surface area contributed by atoms with E-state index in [9.17, 15) is 4.79 Å². The number of hydrogen-bond donors (Lipinski definition) is 2. The van der Waals surface area contributed by atoms with E-state index in [1.807, 2.05) is 31.2 Å². The van der Waals surface area contributed by atoms with Gasteiger partial charge in [0.2, 0.25) is 0 Å². The monoisotopic (exact) mass is 376 g/mol. The zero-order chi connectivity index (χ0) is 17.5. The van der Waals surface area contributed by atoms with E-state index >= 15 is 0 Å². The Morgan fingerprint density at radius 3 is 2.92 bits per heavy atom. The van der Waals surface area contributed by atoms with Gasteiger partial charge in [0.25, 0.3) is 5.91 Å². The molecule has 134 valence electrons. The van der Waals surface area contributed by atoms with E-state index in [1.54, 1.807) is 23.1 Å². The second-order valence-electron chi connectivity index (χ2n) is 5.99. The van der Waals surface area contributed by atoms with Crippen LogP contribution in [0.1, 0.15) is 21.1 Å². The second-order valence-corrected chi connectivity index (χ2v) is 8.07. The molecule has 0 unspecified atom stereocenters. The summed E-state index contributed by atoms with van der Waals surface area (Å²) in [5, 5.41) is 9.56. The fourth-order valence-corrected chi connectivity index (χ4v) is 4.42. The van der Waals surface area contributed by atoms with Gasteiger partial charge in [-0.05, 0) is 19.1 Å². The summed E-state index contributed by atoms with van der Waals surface area (Å²) in [6.45, 7) is 7.76. The summed E-state index contributed by atoms with van der Waals surface area (Å²) < 4.78 is 0. The molecule has 5 nitrogen and oxygen atoms in total. The van der Waals surface area contributed by atoms with Gasteiger partial charge in [-0.1, -0.05) is 12.1 Å². The van der Waals surface area contributed by atoms with Crippen molar-refractivity contribution in [2.45, 2.75) is 17.6 Å². The Kier molecular flexibility index (Phi) is 6.86. The van der Waals surface area contributed by atoms with E-state index < -0.39 is 0 Å². The zero-order valence-corrected chi connectivity index (χ0v) is 16.1. The number of piperazine rings is 1. The third kappa shape index (κ3) is 5.54. The van der Waals surface area contributed by atoms with Crippen LogP contribution in [-0.2, 0) is 5.75 Å². The molecule has 1 amide bonds. The summed E-state index contributed by atoms with van der Waals surface area (Å²) in [6, 6.07) is 7.80. The maximum atomic E-state index is 12.6. The zero-order valence-electron chi connectivity index (χ0n) is 14.5. The molecule has 2 N–H and O–H groups in total. The molecule has 1 aliphatic heterocycles. The summed E-state index contributed by atoms with van der Waals surface area (Å²) in [4.78, 5) is 20.4. The first-order valence-electron chi connectivity index (χ1n) is 8.56. The average Bonchev–Trinajstić information content (AvgIpc) is 3.06. The molecule has 1 aromatic heterocycles. The number of hydrogen-bond acceptors (Lipinski definition) is 6. The molecular formula is C18H24N4OS2. The predicted octanol–water partition coefficient (Wildman–Crippen LogP) is 2.38. The highest BCUT2D eigenvalue weighted by molar-refractivity contribution is 7.98. The minimum Gasteiger partial charge on any atom is -0.351 e. The van der Waals surface area contributed by atoms with E-state index in [2.05, 4.69) is 25.9 Å². The highest BCUT2D eigenvalue weighted by Crippen LogP contribution is 2.26. The van der Waals surface area contributed by atoms with Gasteiger partial charge >= 0.3 is 0 Å². The van der Waals surface area contributed by atoms with E-state index in [-0.39, 0.29) is 5.91 Å². The van der Waals surface area contributed by atoms with Crippen LogP contribution in [0.4, 0.5) is 0 Å². The molecule has 0 saturated carbocycles. The Labute approximate surface area is 157 Å². The quantitative estimate of drug-likeness (QED) is 0.727. The molecule has 1 fully saturated rings. The number of thioether (sulfide) groups is 1. The van der Waals surface area contributed by atoms with Crippen LogP contribution in [0, 0.1) is 6.92 Å². The number of benzene rings is 1. The molecule has 2 aromatic rings. The van der Waals surface area contributed by atoms with E-state index in [4.69, 9.17) is 0 Å². The first kappa shape index (κ1) is 18.4. The minimum atomic E-state index is 0.00712. The third-order valence-corrected chi connectivity index (χ3v) is 6.03. The number of rotatable bonds is 7. The van der Waals surface area contributed by atoms with Crippen LogP contribution in [0.3, 0.4) is 0 Å². The van der Waals surface area contributed by atoms with Crippen molar-refractivity contribution in [1.82, 2.24) is 20.5 Å². The van der Waals surface area contributed by atoms with Gasteiger partial charge < -0.3 is 10.6 Å². The third-order valence-electron chi connectivity index (χ3n) is 4.10. The molecule has 3 rings (SSSR count). The highest BCUT2D eigenvalue weighted by atomic mass is 32.2. The molecule has 7 heteroatoms. The van der Waals surface area contributed by atoms with Crippen LogP contribution >= 0.6 is 23.1 Å². The molecule has 0 spiro atoms. The van der Waals surface area contributed by atoms with Crippen molar-refractivity contribution in [2.75, 3.05) is 39.3 Å². The average molecular weight is 377 g/mol. The lowest BCUT2D eigenvalue weighted by atomic mass is 10.2. The molecule has 25 heavy (non-hydrogen) atoms. The van der Waals surface area contributed by atoms with Gasteiger partial charge in [-0.3, -0.25) is 9.69 Å². The molecule has 2 heterocycles. The Balaban J connectivity index is 1.52. The number of aryl methyl sites for hydroxylation is 1. The molecule has 0 atom stereocenters. The Morgan fingerprint density at radius 1 is 1.36 bits per heavy atom. The van der Waals surface area contributed by atoms with E-state index in [0.29, 0.717) is 6.54 Å². The standard InChI is InChI=1S/C18H24N4OS2/c1-14-21-15(12-24-14)13-25-17-5-3-2-4-16(17)18(23)20-8-11-22-9-6-19-7-10-22/h2-5,12,19H,6-11,13H2,1H3,(H,20,23). The van der Waals surface area contributed by atoms with Crippen molar-refractivity contribution < 1.29 is 4.79 Å². The lowest BCUT2D eigenvalue weighted by Gasteiger charge is -2.27. The number of aromatic nitrogens is 1. The molecule has 1 aliphatic rings. The largest absolute Gasteiger partial charge is 0.351 e. The first-order chi connectivity index (χ1) is 12.2. The summed E-state index contributed by atoms with van der Waals surface area (Å²) in [5.74, 6) is 0.794. The van der Waals surface area contributed by atoms with Crippen LogP contribution in [-0.4, -0.2) is 55.1 Å². The fraction of sp³-hybridized carbons (Fsp3) is 0.444.